The predicted octanol–water partition coefficient (Wildman–Crippen LogP) is 3.79. The fourth-order valence-corrected chi connectivity index (χ4v) is 1.99. The first-order valence-electron chi connectivity index (χ1n) is 6.64. The molecule has 96 valence electrons. The molecule has 16 heavy (non-hydrogen) atoms. The molecule has 0 radical (unpaired) electrons. The number of rotatable bonds is 7. The molecule has 1 aliphatic heterocycles. The van der Waals surface area contributed by atoms with Crippen molar-refractivity contribution in [2.45, 2.75) is 78.4 Å². The molecule has 0 amide bonds. The topological polar surface area (TPSA) is 21.8 Å². The minimum atomic E-state index is -0.0674. The molecule has 1 fully saturated rings. The lowest BCUT2D eigenvalue weighted by Crippen LogP contribution is -2.52. The van der Waals surface area contributed by atoms with E-state index in [-0.39, 0.29) is 11.1 Å². The summed E-state index contributed by atoms with van der Waals surface area (Å²) in [7, 11) is 0. The van der Waals surface area contributed by atoms with Crippen LogP contribution >= 0.6 is 0 Å². The fourth-order valence-electron chi connectivity index (χ4n) is 1.99. The molecular weight excluding hydrogens is 202 g/mol. The Morgan fingerprint density at radius 2 is 1.44 bits per heavy atom. The van der Waals surface area contributed by atoms with Crippen molar-refractivity contribution < 1.29 is 14.5 Å². The van der Waals surface area contributed by atoms with Crippen molar-refractivity contribution in [2.24, 2.45) is 0 Å². The molecule has 1 atom stereocenters. The third-order valence-electron chi connectivity index (χ3n) is 4.57. The lowest BCUT2D eigenvalue weighted by Gasteiger charge is -2.36. The molecule has 0 aromatic rings. The van der Waals surface area contributed by atoms with Crippen molar-refractivity contribution in [2.75, 3.05) is 6.73 Å². The largest absolute Gasteiger partial charge is 0.300 e. The average Bonchev–Trinajstić information content (AvgIpc) is 3.09. The highest BCUT2D eigenvalue weighted by molar-refractivity contribution is 4.73. The molecule has 0 aromatic heterocycles. The highest BCUT2D eigenvalue weighted by Gasteiger charge is 2.64. The molecule has 3 nitrogen and oxygen atoms in total. The molecule has 1 heterocycles. The van der Waals surface area contributed by atoms with Gasteiger partial charge in [-0.25, -0.2) is 0 Å². The Labute approximate surface area is 100 Å². The molecule has 0 spiro atoms. The van der Waals surface area contributed by atoms with Crippen molar-refractivity contribution in [3.8, 4) is 0 Å². The van der Waals surface area contributed by atoms with E-state index in [1.54, 1.807) is 0 Å². The molecule has 0 N–H and O–H groups in total. The second-order valence-electron chi connectivity index (χ2n) is 5.38. The van der Waals surface area contributed by atoms with Crippen LogP contribution in [0.15, 0.2) is 0 Å². The smallest absolute Gasteiger partial charge is 0.159 e. The zero-order valence-corrected chi connectivity index (χ0v) is 11.8. The number of hydrogen-bond acceptors (Lipinski definition) is 2. The van der Waals surface area contributed by atoms with Gasteiger partial charge in [0, 0.05) is 12.8 Å². The zero-order chi connectivity index (χ0) is 12.4. The summed E-state index contributed by atoms with van der Waals surface area (Å²) in [5, 5.41) is 0. The van der Waals surface area contributed by atoms with Crippen molar-refractivity contribution >= 4 is 0 Å². The quantitative estimate of drug-likeness (QED) is 0.490. The van der Waals surface area contributed by atoms with E-state index >= 15 is 0 Å². The third-order valence-corrected chi connectivity index (χ3v) is 4.57. The van der Waals surface area contributed by atoms with Crippen LogP contribution < -0.4 is 0 Å². The van der Waals surface area contributed by atoms with E-state index in [1.165, 1.54) is 0 Å². The summed E-state index contributed by atoms with van der Waals surface area (Å²) < 4.78 is 0. The lowest BCUT2D eigenvalue weighted by molar-refractivity contribution is -1.14. The van der Waals surface area contributed by atoms with Gasteiger partial charge in [0.05, 0.1) is 0 Å². The second-order valence-corrected chi connectivity index (χ2v) is 5.38. The van der Waals surface area contributed by atoms with E-state index in [9.17, 15) is 0 Å². The molecule has 0 bridgehead atoms. The molecule has 0 saturated carbocycles. The van der Waals surface area contributed by atoms with E-state index in [2.05, 4.69) is 41.5 Å². The highest BCUT2D eigenvalue weighted by atomic mass is 17.1. The van der Waals surface area contributed by atoms with Gasteiger partial charge in [-0.05, 0) is 31.5 Å². The number of nitrogens with zero attached hydrogens (tertiary/aromatic N) is 1. The van der Waals surface area contributed by atoms with Crippen molar-refractivity contribution in [1.82, 2.24) is 0 Å². The standard InChI is InChI=1S/C13H28NO2/c1-7-12(5,8-2)14(11-15-14)16-13(6,9-3)10-4/h7-11H2,1-6H3/q+1. The summed E-state index contributed by atoms with van der Waals surface area (Å²) in [6, 6.07) is 0. The van der Waals surface area contributed by atoms with Gasteiger partial charge in [0.1, 0.15) is 5.60 Å². The predicted molar refractivity (Wildman–Crippen MR) is 65.3 cm³/mol. The first-order valence-corrected chi connectivity index (χ1v) is 6.64. The van der Waals surface area contributed by atoms with Crippen LogP contribution in [-0.4, -0.2) is 22.7 Å². The summed E-state index contributed by atoms with van der Waals surface area (Å²) in [5.74, 6) is 0. The summed E-state index contributed by atoms with van der Waals surface area (Å²) in [6.07, 6.45) is 4.20. The van der Waals surface area contributed by atoms with Gasteiger partial charge in [0.2, 0.25) is 0 Å². The minimum absolute atomic E-state index is 0.0674. The fraction of sp³-hybridized carbons (Fsp3) is 1.00. The second kappa shape index (κ2) is 4.63. The van der Waals surface area contributed by atoms with Crippen LogP contribution in [0.1, 0.15) is 67.2 Å². The Morgan fingerprint density at radius 3 is 1.69 bits per heavy atom. The van der Waals surface area contributed by atoms with Crippen LogP contribution in [-0.2, 0) is 9.68 Å². The van der Waals surface area contributed by atoms with E-state index in [4.69, 9.17) is 9.68 Å². The Kier molecular flexibility index (Phi) is 4.04. The normalized spacial score (nSPS) is 25.9. The van der Waals surface area contributed by atoms with Crippen molar-refractivity contribution in [1.29, 1.82) is 0 Å². The summed E-state index contributed by atoms with van der Waals surface area (Å²) >= 11 is 0. The van der Waals surface area contributed by atoms with E-state index < -0.39 is 0 Å². The monoisotopic (exact) mass is 230 g/mol. The van der Waals surface area contributed by atoms with Gasteiger partial charge >= 0.3 is 0 Å². The Morgan fingerprint density at radius 1 is 1.00 bits per heavy atom. The average molecular weight is 230 g/mol. The van der Waals surface area contributed by atoms with Crippen LogP contribution in [0.5, 0.6) is 0 Å². The van der Waals surface area contributed by atoms with Gasteiger partial charge in [-0.2, -0.15) is 4.84 Å². The van der Waals surface area contributed by atoms with Crippen LogP contribution in [0.3, 0.4) is 0 Å². The maximum atomic E-state index is 6.30. The first kappa shape index (κ1) is 13.9. The minimum Gasteiger partial charge on any atom is -0.159 e. The molecule has 1 aliphatic rings. The summed E-state index contributed by atoms with van der Waals surface area (Å²) in [5.41, 5.74) is 0.0215. The van der Waals surface area contributed by atoms with E-state index in [0.717, 1.165) is 25.7 Å². The molecule has 1 saturated heterocycles. The Balaban J connectivity index is 2.79. The van der Waals surface area contributed by atoms with Gasteiger partial charge < -0.3 is 0 Å². The molecule has 0 aromatic carbocycles. The van der Waals surface area contributed by atoms with Crippen LogP contribution in [0, 0.1) is 0 Å². The highest BCUT2D eigenvalue weighted by Crippen LogP contribution is 2.45. The first-order chi connectivity index (χ1) is 7.41. The van der Waals surface area contributed by atoms with Gasteiger partial charge in [0.15, 0.2) is 5.54 Å². The van der Waals surface area contributed by atoms with E-state index in [0.29, 0.717) is 11.5 Å². The van der Waals surface area contributed by atoms with Crippen LogP contribution in [0.4, 0.5) is 0 Å². The molecule has 3 heteroatoms. The maximum absolute atomic E-state index is 6.30. The number of hydroxylamine groups is 4. The number of hydrogen-bond donors (Lipinski definition) is 0. The molecular formula is C13H28NO2+. The lowest BCUT2D eigenvalue weighted by atomic mass is 9.95. The Bertz CT molecular complexity index is 228. The third kappa shape index (κ3) is 2.27. The van der Waals surface area contributed by atoms with Crippen molar-refractivity contribution in [3.05, 3.63) is 0 Å². The van der Waals surface area contributed by atoms with Crippen molar-refractivity contribution in [3.63, 3.8) is 0 Å². The summed E-state index contributed by atoms with van der Waals surface area (Å²) in [4.78, 5) is 12.4. The SMILES string of the molecule is CCC(C)(CC)O[N+]1(C(C)(CC)CC)CO1. The summed E-state index contributed by atoms with van der Waals surface area (Å²) in [6.45, 7) is 13.9. The van der Waals surface area contributed by atoms with Crippen LogP contribution in [0.25, 0.3) is 0 Å². The maximum Gasteiger partial charge on any atom is 0.300 e. The van der Waals surface area contributed by atoms with Gasteiger partial charge in [-0.15, -0.1) is 0 Å². The van der Waals surface area contributed by atoms with E-state index in [1.807, 2.05) is 0 Å². The number of quaternary nitrogens is 1. The van der Waals surface area contributed by atoms with Crippen LogP contribution in [0.2, 0.25) is 0 Å². The van der Waals surface area contributed by atoms with Gasteiger partial charge in [-0.3, -0.25) is 0 Å². The van der Waals surface area contributed by atoms with Gasteiger partial charge in [0.25, 0.3) is 6.73 Å². The van der Waals surface area contributed by atoms with Gasteiger partial charge in [-0.1, -0.05) is 32.5 Å². The zero-order valence-electron chi connectivity index (χ0n) is 11.8. The Hall–Kier alpha value is -0.120. The molecule has 1 unspecified atom stereocenters. The molecule has 1 rings (SSSR count). The molecule has 0 aliphatic carbocycles.